The molecule has 1 aliphatic heterocycles. The number of rotatable bonds is 1. The third-order valence-electron chi connectivity index (χ3n) is 5.31. The predicted octanol–water partition coefficient (Wildman–Crippen LogP) is 4.58. The Morgan fingerprint density at radius 2 is 1.92 bits per heavy atom. The van der Waals surface area contributed by atoms with E-state index >= 15 is 0 Å². The molecule has 2 aromatic rings. The number of hydrogen-bond acceptors (Lipinski definition) is 2. The molecule has 0 radical (unpaired) electrons. The minimum Gasteiger partial charge on any atom is -0.316 e. The summed E-state index contributed by atoms with van der Waals surface area (Å²) < 4.78 is 0. The smallest absolute Gasteiger partial charge is 0.0742 e. The minimum atomic E-state index is 0.832. The zero-order valence-corrected chi connectivity index (χ0v) is 14.9. The van der Waals surface area contributed by atoms with E-state index < -0.39 is 0 Å². The van der Waals surface area contributed by atoms with Crippen molar-refractivity contribution in [2.75, 3.05) is 13.1 Å². The van der Waals surface area contributed by atoms with Crippen LogP contribution in [0.25, 0.3) is 5.57 Å². The number of halogens is 1. The van der Waals surface area contributed by atoms with Crippen molar-refractivity contribution in [3.8, 4) is 0 Å². The first kappa shape index (κ1) is 15.9. The van der Waals surface area contributed by atoms with Crippen LogP contribution in [0.4, 0.5) is 0 Å². The maximum absolute atomic E-state index is 6.29. The molecule has 2 aliphatic rings. The zero-order chi connectivity index (χ0) is 16.5. The van der Waals surface area contributed by atoms with Crippen molar-refractivity contribution in [2.24, 2.45) is 0 Å². The van der Waals surface area contributed by atoms with E-state index in [0.29, 0.717) is 0 Å². The van der Waals surface area contributed by atoms with Crippen LogP contribution in [0.3, 0.4) is 0 Å². The number of piperidine rings is 1. The van der Waals surface area contributed by atoms with Gasteiger partial charge in [-0.1, -0.05) is 30.2 Å². The van der Waals surface area contributed by atoms with Crippen LogP contribution >= 0.6 is 11.6 Å². The highest BCUT2D eigenvalue weighted by molar-refractivity contribution is 6.30. The maximum atomic E-state index is 6.29. The van der Waals surface area contributed by atoms with E-state index in [9.17, 15) is 0 Å². The molecular weight excluding hydrogens is 316 g/mol. The summed E-state index contributed by atoms with van der Waals surface area (Å²) in [7, 11) is 0. The summed E-state index contributed by atoms with van der Waals surface area (Å²) in [5.41, 5.74) is 9.72. The molecule has 1 aromatic heterocycles. The highest BCUT2D eigenvalue weighted by Crippen LogP contribution is 2.38. The lowest BCUT2D eigenvalue weighted by atomic mass is 9.88. The van der Waals surface area contributed by atoms with Gasteiger partial charge in [-0.3, -0.25) is 4.98 Å². The van der Waals surface area contributed by atoms with Gasteiger partial charge < -0.3 is 5.32 Å². The van der Waals surface area contributed by atoms with E-state index in [2.05, 4.69) is 30.4 Å². The molecule has 3 heteroatoms. The Labute approximate surface area is 149 Å². The Hall–Kier alpha value is -1.64. The molecule has 0 spiro atoms. The number of aromatic nitrogens is 1. The van der Waals surface area contributed by atoms with Crippen LogP contribution in [0.2, 0.25) is 5.02 Å². The van der Waals surface area contributed by atoms with E-state index in [1.165, 1.54) is 33.5 Å². The normalized spacial score (nSPS) is 17.2. The van der Waals surface area contributed by atoms with E-state index in [-0.39, 0.29) is 0 Å². The zero-order valence-electron chi connectivity index (χ0n) is 14.2. The van der Waals surface area contributed by atoms with Gasteiger partial charge in [0.15, 0.2) is 0 Å². The molecule has 1 saturated heterocycles. The fraction of sp³-hybridized carbons (Fsp3) is 0.381. The number of nitrogens with one attached hydrogen (secondary N) is 1. The fourth-order valence-corrected chi connectivity index (χ4v) is 4.29. The molecule has 1 N–H and O–H groups in total. The summed E-state index contributed by atoms with van der Waals surface area (Å²) in [5.74, 6) is 0. The topological polar surface area (TPSA) is 24.9 Å². The monoisotopic (exact) mass is 338 g/mol. The molecule has 124 valence electrons. The summed E-state index contributed by atoms with van der Waals surface area (Å²) >= 11 is 6.29. The highest BCUT2D eigenvalue weighted by atomic mass is 35.5. The molecule has 0 amide bonds. The van der Waals surface area contributed by atoms with Crippen LogP contribution in [-0.4, -0.2) is 18.1 Å². The van der Waals surface area contributed by atoms with E-state index in [1.54, 1.807) is 5.57 Å². The number of fused-ring (bicyclic) bond motifs is 2. The Kier molecular flexibility index (Phi) is 4.43. The third-order valence-corrected chi connectivity index (χ3v) is 5.55. The lowest BCUT2D eigenvalue weighted by Gasteiger charge is -2.22. The van der Waals surface area contributed by atoms with Crippen molar-refractivity contribution in [3.63, 3.8) is 0 Å². The molecule has 2 heterocycles. The summed E-state index contributed by atoms with van der Waals surface area (Å²) in [4.78, 5) is 4.85. The Morgan fingerprint density at radius 1 is 1.08 bits per heavy atom. The molecule has 4 rings (SSSR count). The number of nitrogens with zero attached hydrogens (tertiary/aromatic N) is 1. The van der Waals surface area contributed by atoms with E-state index in [1.807, 2.05) is 12.3 Å². The van der Waals surface area contributed by atoms with Crippen LogP contribution in [0, 0.1) is 0 Å². The Balaban J connectivity index is 1.99. The molecule has 1 aliphatic carbocycles. The second kappa shape index (κ2) is 6.70. The van der Waals surface area contributed by atoms with Gasteiger partial charge in [0.05, 0.1) is 5.69 Å². The summed E-state index contributed by atoms with van der Waals surface area (Å²) in [6, 6.07) is 8.57. The molecule has 0 bridgehead atoms. The molecule has 0 unspecified atom stereocenters. The highest BCUT2D eigenvalue weighted by Gasteiger charge is 2.24. The van der Waals surface area contributed by atoms with Gasteiger partial charge in [0.1, 0.15) is 0 Å². The molecule has 1 fully saturated rings. The fourth-order valence-electron chi connectivity index (χ4n) is 4.09. The second-order valence-corrected chi connectivity index (χ2v) is 7.12. The maximum Gasteiger partial charge on any atom is 0.0742 e. The summed E-state index contributed by atoms with van der Waals surface area (Å²) in [6.07, 6.45) is 7.35. The van der Waals surface area contributed by atoms with Gasteiger partial charge in [-0.25, -0.2) is 0 Å². The standard InChI is InChI=1S/C21H23ClN2/c1-2-14-9-12-24-21-19(14)5-3-16-13-17(22)4-6-18(16)20(21)15-7-10-23-11-8-15/h4,6,9,12-13,23H,2-3,5,7-8,10-11H2,1H3. The minimum absolute atomic E-state index is 0.832. The van der Waals surface area contributed by atoms with Crippen LogP contribution in [0.5, 0.6) is 0 Å². The lowest BCUT2D eigenvalue weighted by molar-refractivity contribution is 0.611. The van der Waals surface area contributed by atoms with Crippen molar-refractivity contribution in [1.82, 2.24) is 10.3 Å². The van der Waals surface area contributed by atoms with Gasteiger partial charge in [0, 0.05) is 16.8 Å². The summed E-state index contributed by atoms with van der Waals surface area (Å²) in [6.45, 7) is 4.36. The number of aryl methyl sites for hydroxylation is 2. The average Bonchev–Trinajstić information content (AvgIpc) is 2.78. The van der Waals surface area contributed by atoms with Crippen molar-refractivity contribution in [1.29, 1.82) is 0 Å². The first-order valence-electron chi connectivity index (χ1n) is 8.96. The first-order chi connectivity index (χ1) is 11.8. The van der Waals surface area contributed by atoms with Crippen molar-refractivity contribution >= 4 is 17.2 Å². The van der Waals surface area contributed by atoms with Gasteiger partial charge in [-0.05, 0) is 85.6 Å². The number of benzene rings is 1. The van der Waals surface area contributed by atoms with Crippen molar-refractivity contribution in [3.05, 3.63) is 69.0 Å². The Bertz CT molecular complexity index is 799. The molecule has 0 saturated carbocycles. The molecule has 0 atom stereocenters. The van der Waals surface area contributed by atoms with Crippen LogP contribution in [0.1, 0.15) is 47.7 Å². The van der Waals surface area contributed by atoms with Gasteiger partial charge in [0.25, 0.3) is 0 Å². The largest absolute Gasteiger partial charge is 0.316 e. The third kappa shape index (κ3) is 2.78. The lowest BCUT2D eigenvalue weighted by Crippen LogP contribution is -2.24. The van der Waals surface area contributed by atoms with Gasteiger partial charge >= 0.3 is 0 Å². The second-order valence-electron chi connectivity index (χ2n) is 6.68. The van der Waals surface area contributed by atoms with E-state index in [0.717, 1.165) is 50.2 Å². The molecule has 24 heavy (non-hydrogen) atoms. The van der Waals surface area contributed by atoms with Gasteiger partial charge in [0.2, 0.25) is 0 Å². The Morgan fingerprint density at radius 3 is 2.71 bits per heavy atom. The molecule has 2 nitrogen and oxygen atoms in total. The van der Waals surface area contributed by atoms with Gasteiger partial charge in [-0.15, -0.1) is 0 Å². The number of pyridine rings is 1. The SMILES string of the molecule is CCc1ccnc2c1CCc1cc(Cl)ccc1C2=C1CCNCC1. The average molecular weight is 339 g/mol. The van der Waals surface area contributed by atoms with Crippen LogP contribution in [-0.2, 0) is 19.3 Å². The number of hydrogen-bond donors (Lipinski definition) is 1. The first-order valence-corrected chi connectivity index (χ1v) is 9.34. The van der Waals surface area contributed by atoms with Crippen molar-refractivity contribution < 1.29 is 0 Å². The van der Waals surface area contributed by atoms with Gasteiger partial charge in [-0.2, -0.15) is 0 Å². The quantitative estimate of drug-likeness (QED) is 0.823. The van der Waals surface area contributed by atoms with Crippen LogP contribution < -0.4 is 5.32 Å². The van der Waals surface area contributed by atoms with E-state index in [4.69, 9.17) is 16.6 Å². The predicted molar refractivity (Wildman–Crippen MR) is 101 cm³/mol. The molecular formula is C21H23ClN2. The van der Waals surface area contributed by atoms with Crippen LogP contribution in [0.15, 0.2) is 36.0 Å². The van der Waals surface area contributed by atoms with Crippen molar-refractivity contribution in [2.45, 2.75) is 39.0 Å². The summed E-state index contributed by atoms with van der Waals surface area (Å²) in [5, 5.41) is 4.30. The molecule has 1 aromatic carbocycles.